The van der Waals surface area contributed by atoms with Crippen molar-refractivity contribution in [2.24, 2.45) is 0 Å². The fourth-order valence-electron chi connectivity index (χ4n) is 4.98. The Labute approximate surface area is 231 Å². The molecule has 1 amide bonds. The van der Waals surface area contributed by atoms with Crippen LogP contribution in [0.25, 0.3) is 33.5 Å². The number of aromatic hydroxyl groups is 1. The number of benzene rings is 3. The molecule has 1 saturated heterocycles. The fraction of sp³-hybridized carbons (Fsp3) is 0.194. The number of hydrogen-bond donors (Lipinski definition) is 4. The van der Waals surface area contributed by atoms with E-state index in [2.05, 4.69) is 49.2 Å². The van der Waals surface area contributed by atoms with Gasteiger partial charge >= 0.3 is 0 Å². The minimum Gasteiger partial charge on any atom is -0.507 e. The van der Waals surface area contributed by atoms with Gasteiger partial charge in [0.25, 0.3) is 11.5 Å². The molecule has 0 atom stereocenters. The van der Waals surface area contributed by atoms with Crippen LogP contribution in [-0.2, 0) is 6.54 Å². The number of fused-ring (bicyclic) bond motifs is 1. The number of anilines is 1. The zero-order chi connectivity index (χ0) is 27.6. The molecular weight excluding hydrogens is 504 g/mol. The molecule has 1 aliphatic rings. The van der Waals surface area contributed by atoms with E-state index in [1.807, 2.05) is 12.1 Å². The number of aromatic amines is 2. The number of piperazine rings is 1. The van der Waals surface area contributed by atoms with Gasteiger partial charge in [0.05, 0.1) is 16.6 Å². The van der Waals surface area contributed by atoms with E-state index in [-0.39, 0.29) is 17.2 Å². The van der Waals surface area contributed by atoms with Gasteiger partial charge in [-0.25, -0.2) is 4.98 Å². The molecule has 4 N–H and O–H groups in total. The molecule has 0 unspecified atom stereocenters. The highest BCUT2D eigenvalue weighted by atomic mass is 16.3. The molecular formula is C31H30N6O3. The van der Waals surface area contributed by atoms with Crippen molar-refractivity contribution in [3.8, 4) is 28.3 Å². The summed E-state index contributed by atoms with van der Waals surface area (Å²) in [6.45, 7) is 5.19. The second-order valence-electron chi connectivity index (χ2n) is 10.2. The van der Waals surface area contributed by atoms with Crippen LogP contribution in [0.4, 0.5) is 5.69 Å². The molecule has 6 rings (SSSR count). The van der Waals surface area contributed by atoms with Crippen molar-refractivity contribution >= 4 is 22.6 Å². The number of phenols is 1. The van der Waals surface area contributed by atoms with Gasteiger partial charge in [-0.3, -0.25) is 14.5 Å². The van der Waals surface area contributed by atoms with E-state index < -0.39 is 0 Å². The molecule has 0 radical (unpaired) electrons. The van der Waals surface area contributed by atoms with Crippen LogP contribution in [0.3, 0.4) is 0 Å². The molecule has 3 aromatic carbocycles. The standard InChI is InChI=1S/C31H30N6O3/c1-36-13-15-37(16-14-36)19-20-4-8-23(9-5-20)33-30(39)22-6-10-26-27(18-22)35-29(34-26)25-17-21(7-11-28(25)38)24-3-2-12-32-31(24)40/h2-12,17-18,38H,13-16,19H2,1H3,(H,32,40)(H,33,39)(H,34,35). The van der Waals surface area contributed by atoms with E-state index in [0.29, 0.717) is 39.1 Å². The first-order valence-electron chi connectivity index (χ1n) is 13.3. The third-order valence-corrected chi connectivity index (χ3v) is 7.34. The van der Waals surface area contributed by atoms with Crippen LogP contribution < -0.4 is 10.9 Å². The Morgan fingerprint density at radius 1 is 0.975 bits per heavy atom. The first-order chi connectivity index (χ1) is 19.4. The normalized spacial score (nSPS) is 14.4. The number of nitrogens with one attached hydrogen (secondary N) is 3. The van der Waals surface area contributed by atoms with Crippen molar-refractivity contribution in [2.45, 2.75) is 6.54 Å². The molecule has 0 aliphatic carbocycles. The monoisotopic (exact) mass is 534 g/mol. The summed E-state index contributed by atoms with van der Waals surface area (Å²) in [5.74, 6) is 0.248. The van der Waals surface area contributed by atoms with Gasteiger partial charge in [0.1, 0.15) is 11.6 Å². The van der Waals surface area contributed by atoms with Crippen LogP contribution in [0.5, 0.6) is 5.75 Å². The van der Waals surface area contributed by atoms with Crippen molar-refractivity contribution in [3.05, 3.63) is 100 Å². The Balaban J connectivity index is 1.18. The van der Waals surface area contributed by atoms with Crippen LogP contribution in [0.1, 0.15) is 15.9 Å². The number of hydrogen-bond acceptors (Lipinski definition) is 6. The summed E-state index contributed by atoms with van der Waals surface area (Å²) < 4.78 is 0. The average molecular weight is 535 g/mol. The molecule has 9 heteroatoms. The van der Waals surface area contributed by atoms with Crippen LogP contribution in [0, 0.1) is 0 Å². The topological polar surface area (TPSA) is 117 Å². The maximum absolute atomic E-state index is 13.0. The van der Waals surface area contributed by atoms with E-state index in [4.69, 9.17) is 0 Å². The summed E-state index contributed by atoms with van der Waals surface area (Å²) in [6.07, 6.45) is 1.57. The summed E-state index contributed by atoms with van der Waals surface area (Å²) in [7, 11) is 2.15. The number of nitrogens with zero attached hydrogens (tertiary/aromatic N) is 3. The fourth-order valence-corrected chi connectivity index (χ4v) is 4.98. The van der Waals surface area contributed by atoms with Crippen molar-refractivity contribution in [2.75, 3.05) is 38.5 Å². The zero-order valence-corrected chi connectivity index (χ0v) is 22.1. The number of likely N-dealkylation sites (N-methyl/N-ethyl adjacent to an activating group) is 1. The van der Waals surface area contributed by atoms with E-state index in [1.54, 1.807) is 54.7 Å². The third kappa shape index (κ3) is 5.38. The highest BCUT2D eigenvalue weighted by Gasteiger charge is 2.16. The Hall–Kier alpha value is -4.73. The second kappa shape index (κ2) is 10.8. The number of imidazole rings is 1. The zero-order valence-electron chi connectivity index (χ0n) is 22.1. The number of rotatable bonds is 6. The van der Waals surface area contributed by atoms with E-state index >= 15 is 0 Å². The van der Waals surface area contributed by atoms with Crippen molar-refractivity contribution in [1.82, 2.24) is 24.8 Å². The second-order valence-corrected chi connectivity index (χ2v) is 10.2. The predicted octanol–water partition coefficient (Wildman–Crippen LogP) is 4.29. The average Bonchev–Trinajstić information content (AvgIpc) is 3.39. The Morgan fingerprint density at radius 2 is 1.77 bits per heavy atom. The van der Waals surface area contributed by atoms with Crippen molar-refractivity contribution < 1.29 is 9.90 Å². The molecule has 0 spiro atoms. The highest BCUT2D eigenvalue weighted by Crippen LogP contribution is 2.32. The van der Waals surface area contributed by atoms with Crippen LogP contribution >= 0.6 is 0 Å². The first-order valence-corrected chi connectivity index (χ1v) is 13.3. The van der Waals surface area contributed by atoms with Crippen LogP contribution in [0.2, 0.25) is 0 Å². The Bertz CT molecular complexity index is 1730. The summed E-state index contributed by atoms with van der Waals surface area (Å²) in [5.41, 5.74) is 5.14. The quantitative estimate of drug-likeness (QED) is 0.258. The lowest BCUT2D eigenvalue weighted by Crippen LogP contribution is -2.43. The van der Waals surface area contributed by atoms with Gasteiger partial charge in [0, 0.05) is 55.7 Å². The maximum atomic E-state index is 13.0. The number of pyridine rings is 1. The number of phenolic OH excluding ortho intramolecular Hbond substituents is 1. The summed E-state index contributed by atoms with van der Waals surface area (Å²) >= 11 is 0. The minimum atomic E-state index is -0.224. The molecule has 1 fully saturated rings. The molecule has 5 aromatic rings. The van der Waals surface area contributed by atoms with Gasteiger partial charge in [-0.05, 0) is 72.8 Å². The molecule has 40 heavy (non-hydrogen) atoms. The number of aromatic nitrogens is 3. The SMILES string of the molecule is CN1CCN(Cc2ccc(NC(=O)c3ccc4nc(-c5cc(-c6ccc[nH]c6=O)ccc5O)[nH]c4c3)cc2)CC1. The lowest BCUT2D eigenvalue weighted by Gasteiger charge is -2.32. The van der Waals surface area contributed by atoms with E-state index in [9.17, 15) is 14.7 Å². The molecule has 202 valence electrons. The third-order valence-electron chi connectivity index (χ3n) is 7.34. The molecule has 1 aliphatic heterocycles. The van der Waals surface area contributed by atoms with E-state index in [1.165, 1.54) is 5.56 Å². The number of carbonyl (C=O) groups excluding carboxylic acids is 1. The molecule has 0 bridgehead atoms. The number of amides is 1. The van der Waals surface area contributed by atoms with Gasteiger partial charge in [-0.1, -0.05) is 18.2 Å². The molecule has 3 heterocycles. The summed E-state index contributed by atoms with van der Waals surface area (Å²) in [5, 5.41) is 13.5. The first kappa shape index (κ1) is 25.5. The van der Waals surface area contributed by atoms with Crippen molar-refractivity contribution in [1.29, 1.82) is 0 Å². The van der Waals surface area contributed by atoms with Gasteiger partial charge in [-0.2, -0.15) is 0 Å². The lowest BCUT2D eigenvalue weighted by molar-refractivity contribution is 0.102. The van der Waals surface area contributed by atoms with Crippen LogP contribution in [0.15, 0.2) is 83.8 Å². The number of H-pyrrole nitrogens is 2. The molecule has 9 nitrogen and oxygen atoms in total. The summed E-state index contributed by atoms with van der Waals surface area (Å²) in [4.78, 5) is 40.5. The predicted molar refractivity (Wildman–Crippen MR) is 156 cm³/mol. The molecule has 2 aromatic heterocycles. The Morgan fingerprint density at radius 3 is 2.55 bits per heavy atom. The smallest absolute Gasteiger partial charge is 0.255 e. The van der Waals surface area contributed by atoms with Crippen LogP contribution in [-0.4, -0.2) is 69.0 Å². The van der Waals surface area contributed by atoms with E-state index in [0.717, 1.165) is 38.4 Å². The Kier molecular flexibility index (Phi) is 6.90. The van der Waals surface area contributed by atoms with Gasteiger partial charge in [0.15, 0.2) is 0 Å². The van der Waals surface area contributed by atoms with Crippen molar-refractivity contribution in [3.63, 3.8) is 0 Å². The lowest BCUT2D eigenvalue weighted by atomic mass is 10.0. The maximum Gasteiger partial charge on any atom is 0.255 e. The van der Waals surface area contributed by atoms with Gasteiger partial charge < -0.3 is 25.3 Å². The highest BCUT2D eigenvalue weighted by molar-refractivity contribution is 6.06. The minimum absolute atomic E-state index is 0.0317. The largest absolute Gasteiger partial charge is 0.507 e. The summed E-state index contributed by atoms with van der Waals surface area (Å²) in [6, 6.07) is 21.6. The number of carbonyl (C=O) groups is 1. The van der Waals surface area contributed by atoms with Gasteiger partial charge in [-0.15, -0.1) is 0 Å². The van der Waals surface area contributed by atoms with Gasteiger partial charge in [0.2, 0.25) is 0 Å². The molecule has 0 saturated carbocycles.